The Balaban J connectivity index is 1.88. The number of aromatic nitrogens is 1. The molecule has 1 aromatic heterocycles. The van der Waals surface area contributed by atoms with Gasteiger partial charge in [-0.1, -0.05) is 12.1 Å². The maximum absolute atomic E-state index is 10.9. The second kappa shape index (κ2) is 6.60. The van der Waals surface area contributed by atoms with Gasteiger partial charge in [-0.3, -0.25) is 0 Å². The highest BCUT2D eigenvalue weighted by atomic mass is 16.5. The maximum Gasteiger partial charge on any atom is 0.354 e. The van der Waals surface area contributed by atoms with Crippen LogP contribution < -0.4 is 15.8 Å². The zero-order chi connectivity index (χ0) is 15.2. The summed E-state index contributed by atoms with van der Waals surface area (Å²) in [6.45, 7) is 2.88. The highest BCUT2D eigenvalue weighted by Crippen LogP contribution is 2.16. The Kier molecular flexibility index (Phi) is 4.61. The van der Waals surface area contributed by atoms with Crippen LogP contribution in [-0.2, 0) is 0 Å². The molecule has 21 heavy (non-hydrogen) atoms. The van der Waals surface area contributed by atoms with Crippen LogP contribution in [-0.4, -0.2) is 29.2 Å². The number of aryl methyl sites for hydroxylation is 1. The molecule has 4 N–H and O–H groups in total. The molecule has 0 saturated heterocycles. The van der Waals surface area contributed by atoms with E-state index in [1.54, 1.807) is 0 Å². The Morgan fingerprint density at radius 1 is 1.38 bits per heavy atom. The Morgan fingerprint density at radius 2 is 2.19 bits per heavy atom. The molecule has 0 aliphatic rings. The van der Waals surface area contributed by atoms with E-state index >= 15 is 0 Å². The molecule has 0 aliphatic heterocycles. The van der Waals surface area contributed by atoms with Crippen molar-refractivity contribution in [3.05, 3.63) is 47.7 Å². The molecule has 0 bridgehead atoms. The third kappa shape index (κ3) is 4.10. The van der Waals surface area contributed by atoms with E-state index in [1.807, 2.05) is 31.2 Å². The van der Waals surface area contributed by atoms with E-state index in [4.69, 9.17) is 15.6 Å². The van der Waals surface area contributed by atoms with Crippen LogP contribution in [0.5, 0.6) is 5.75 Å². The average Bonchev–Trinajstić information content (AvgIpc) is 2.45. The SMILES string of the molecule is Cc1cccc(OCCNc2nc(C(=O)O)ccc2N)c1. The van der Waals surface area contributed by atoms with Crippen molar-refractivity contribution in [1.82, 2.24) is 4.98 Å². The summed E-state index contributed by atoms with van der Waals surface area (Å²) >= 11 is 0. The van der Waals surface area contributed by atoms with Crippen LogP contribution in [0.15, 0.2) is 36.4 Å². The van der Waals surface area contributed by atoms with Gasteiger partial charge in [0, 0.05) is 0 Å². The molecule has 0 fully saturated rings. The molecule has 0 amide bonds. The normalized spacial score (nSPS) is 10.1. The molecule has 0 radical (unpaired) electrons. The van der Waals surface area contributed by atoms with Crippen LogP contribution in [0.4, 0.5) is 11.5 Å². The van der Waals surface area contributed by atoms with E-state index in [9.17, 15) is 4.79 Å². The lowest BCUT2D eigenvalue weighted by molar-refractivity contribution is 0.0690. The minimum atomic E-state index is -1.09. The smallest absolute Gasteiger partial charge is 0.354 e. The van der Waals surface area contributed by atoms with Gasteiger partial charge >= 0.3 is 5.97 Å². The second-order valence-electron chi connectivity index (χ2n) is 4.53. The monoisotopic (exact) mass is 287 g/mol. The maximum atomic E-state index is 10.9. The Hall–Kier alpha value is -2.76. The van der Waals surface area contributed by atoms with Crippen molar-refractivity contribution in [1.29, 1.82) is 0 Å². The second-order valence-corrected chi connectivity index (χ2v) is 4.53. The first-order valence-corrected chi connectivity index (χ1v) is 6.49. The van der Waals surface area contributed by atoms with Crippen molar-refractivity contribution in [2.75, 3.05) is 24.2 Å². The van der Waals surface area contributed by atoms with Crippen molar-refractivity contribution in [3.63, 3.8) is 0 Å². The first kappa shape index (κ1) is 14.6. The lowest BCUT2D eigenvalue weighted by Gasteiger charge is -2.10. The molecule has 2 rings (SSSR count). The minimum absolute atomic E-state index is 0.0497. The van der Waals surface area contributed by atoms with Crippen molar-refractivity contribution < 1.29 is 14.6 Å². The molecule has 0 unspecified atom stereocenters. The standard InChI is InChI=1S/C15H17N3O3/c1-10-3-2-4-11(9-10)21-8-7-17-14-12(16)5-6-13(18-14)15(19)20/h2-6,9H,7-8,16H2,1H3,(H,17,18)(H,19,20). The first-order valence-electron chi connectivity index (χ1n) is 6.49. The fourth-order valence-electron chi connectivity index (χ4n) is 1.77. The first-order chi connectivity index (χ1) is 10.1. The molecular formula is C15H17N3O3. The van der Waals surface area contributed by atoms with Gasteiger partial charge in [0.05, 0.1) is 12.2 Å². The topological polar surface area (TPSA) is 97.5 Å². The number of carboxylic acids is 1. The highest BCUT2D eigenvalue weighted by molar-refractivity contribution is 5.86. The molecule has 0 saturated carbocycles. The summed E-state index contributed by atoms with van der Waals surface area (Å²) in [6.07, 6.45) is 0. The van der Waals surface area contributed by atoms with E-state index < -0.39 is 5.97 Å². The Bertz CT molecular complexity index is 644. The molecule has 0 atom stereocenters. The number of nitrogen functional groups attached to an aromatic ring is 1. The van der Waals surface area contributed by atoms with Crippen LogP contribution in [0.25, 0.3) is 0 Å². The number of carboxylic acid groups (broad SMARTS) is 1. The summed E-state index contributed by atoms with van der Waals surface area (Å²) in [7, 11) is 0. The van der Waals surface area contributed by atoms with E-state index in [2.05, 4.69) is 10.3 Å². The number of pyridine rings is 1. The predicted molar refractivity (Wildman–Crippen MR) is 80.8 cm³/mol. The van der Waals surface area contributed by atoms with Gasteiger partial charge in [0.1, 0.15) is 18.2 Å². The number of aromatic carboxylic acids is 1. The van der Waals surface area contributed by atoms with Crippen LogP contribution in [0.2, 0.25) is 0 Å². The lowest BCUT2D eigenvalue weighted by atomic mass is 10.2. The van der Waals surface area contributed by atoms with E-state index in [0.717, 1.165) is 11.3 Å². The average molecular weight is 287 g/mol. The molecule has 0 aliphatic carbocycles. The van der Waals surface area contributed by atoms with Gasteiger partial charge in [0.25, 0.3) is 0 Å². The predicted octanol–water partition coefficient (Wildman–Crippen LogP) is 2.16. The molecule has 110 valence electrons. The number of nitrogens with zero attached hydrogens (tertiary/aromatic N) is 1. The molecule has 0 spiro atoms. The fraction of sp³-hybridized carbons (Fsp3) is 0.200. The van der Waals surface area contributed by atoms with Crippen LogP contribution in [0.3, 0.4) is 0 Å². The van der Waals surface area contributed by atoms with Gasteiger partial charge in [-0.15, -0.1) is 0 Å². The van der Waals surface area contributed by atoms with Crippen molar-refractivity contribution in [3.8, 4) is 5.75 Å². The molecular weight excluding hydrogens is 270 g/mol. The summed E-state index contributed by atoms with van der Waals surface area (Å²) in [4.78, 5) is 14.8. The van der Waals surface area contributed by atoms with Crippen LogP contribution in [0, 0.1) is 6.92 Å². The van der Waals surface area contributed by atoms with E-state index in [1.165, 1.54) is 12.1 Å². The Labute approximate surface area is 122 Å². The Morgan fingerprint density at radius 3 is 2.90 bits per heavy atom. The number of nitrogens with two attached hydrogens (primary N) is 1. The molecule has 1 aromatic carbocycles. The summed E-state index contributed by atoms with van der Waals surface area (Å²) in [5, 5.41) is 11.9. The minimum Gasteiger partial charge on any atom is -0.492 e. The van der Waals surface area contributed by atoms with Gasteiger partial charge in [-0.05, 0) is 36.8 Å². The zero-order valence-electron chi connectivity index (χ0n) is 11.7. The fourth-order valence-corrected chi connectivity index (χ4v) is 1.77. The number of rotatable bonds is 6. The third-order valence-electron chi connectivity index (χ3n) is 2.80. The number of anilines is 2. The van der Waals surface area contributed by atoms with E-state index in [0.29, 0.717) is 24.7 Å². The zero-order valence-corrected chi connectivity index (χ0v) is 11.7. The number of ether oxygens (including phenoxy) is 1. The number of hydrogen-bond acceptors (Lipinski definition) is 5. The summed E-state index contributed by atoms with van der Waals surface area (Å²) < 4.78 is 5.58. The number of hydrogen-bond donors (Lipinski definition) is 3. The third-order valence-corrected chi connectivity index (χ3v) is 2.80. The van der Waals surface area contributed by atoms with E-state index in [-0.39, 0.29) is 5.69 Å². The van der Waals surface area contributed by atoms with Gasteiger partial charge in [0.2, 0.25) is 0 Å². The van der Waals surface area contributed by atoms with Gasteiger partial charge in [-0.2, -0.15) is 0 Å². The van der Waals surface area contributed by atoms with Gasteiger partial charge < -0.3 is 20.9 Å². The number of nitrogens with one attached hydrogen (secondary N) is 1. The van der Waals surface area contributed by atoms with Gasteiger partial charge in [-0.25, -0.2) is 9.78 Å². The summed E-state index contributed by atoms with van der Waals surface area (Å²) in [5.41, 5.74) is 7.22. The van der Waals surface area contributed by atoms with Crippen molar-refractivity contribution >= 4 is 17.5 Å². The van der Waals surface area contributed by atoms with Gasteiger partial charge in [0.15, 0.2) is 5.69 Å². The van der Waals surface area contributed by atoms with Crippen LogP contribution in [0.1, 0.15) is 16.1 Å². The summed E-state index contributed by atoms with van der Waals surface area (Å²) in [5.74, 6) is 0.0498. The van der Waals surface area contributed by atoms with Crippen molar-refractivity contribution in [2.45, 2.75) is 6.92 Å². The molecule has 6 nitrogen and oxygen atoms in total. The molecule has 1 heterocycles. The van der Waals surface area contributed by atoms with Crippen LogP contribution >= 0.6 is 0 Å². The quantitative estimate of drug-likeness (QED) is 0.704. The number of benzene rings is 1. The molecule has 6 heteroatoms. The lowest BCUT2D eigenvalue weighted by Crippen LogP contribution is -2.15. The highest BCUT2D eigenvalue weighted by Gasteiger charge is 2.08. The van der Waals surface area contributed by atoms with Crippen molar-refractivity contribution in [2.24, 2.45) is 0 Å². The molecule has 2 aromatic rings. The number of carbonyl (C=O) groups is 1. The summed E-state index contributed by atoms with van der Waals surface area (Å²) in [6, 6.07) is 10.6. The largest absolute Gasteiger partial charge is 0.492 e.